The summed E-state index contributed by atoms with van der Waals surface area (Å²) >= 11 is 3.88. The third kappa shape index (κ3) is 4.18. The Hall–Kier alpha value is -1.14. The van der Waals surface area contributed by atoms with Crippen LogP contribution in [-0.2, 0) is 4.79 Å². The Morgan fingerprint density at radius 1 is 1.15 bits per heavy atom. The Labute approximate surface area is 127 Å². The monoisotopic (exact) mass is 310 g/mol. The lowest BCUT2D eigenvalue weighted by Gasteiger charge is -2.09. The molecule has 1 aliphatic heterocycles. The molecule has 2 amide bonds. The summed E-state index contributed by atoms with van der Waals surface area (Å²) in [5.41, 5.74) is 1.84. The molecule has 1 saturated heterocycles. The highest BCUT2D eigenvalue weighted by Crippen LogP contribution is 2.45. The minimum absolute atomic E-state index is 0.0166. The van der Waals surface area contributed by atoms with E-state index in [0.29, 0.717) is 16.7 Å². The third-order valence-electron chi connectivity index (χ3n) is 2.85. The van der Waals surface area contributed by atoms with Crippen LogP contribution in [0.15, 0.2) is 24.3 Å². The maximum atomic E-state index is 11.9. The molecule has 6 heteroatoms. The molecule has 1 aromatic carbocycles. The second-order valence-corrected chi connectivity index (χ2v) is 7.06. The topological polar surface area (TPSA) is 58.2 Å². The van der Waals surface area contributed by atoms with E-state index in [2.05, 4.69) is 10.6 Å². The summed E-state index contributed by atoms with van der Waals surface area (Å²) in [6, 6.07) is 7.64. The summed E-state index contributed by atoms with van der Waals surface area (Å²) in [6.45, 7) is 2.43. The zero-order chi connectivity index (χ0) is 14.4. The number of thioether (sulfide) groups is 2. The van der Waals surface area contributed by atoms with Gasteiger partial charge in [-0.25, -0.2) is 0 Å². The van der Waals surface area contributed by atoms with Crippen molar-refractivity contribution >= 4 is 35.3 Å². The first kappa shape index (κ1) is 15.3. The fraction of sp³-hybridized carbons (Fsp3) is 0.429. The van der Waals surface area contributed by atoms with Gasteiger partial charge >= 0.3 is 0 Å². The number of carbonyl (C=O) groups is 2. The number of amides is 2. The van der Waals surface area contributed by atoms with Gasteiger partial charge in [0.15, 0.2) is 0 Å². The smallest absolute Gasteiger partial charge is 0.251 e. The fourth-order valence-corrected chi connectivity index (χ4v) is 4.72. The van der Waals surface area contributed by atoms with Crippen LogP contribution < -0.4 is 10.6 Å². The van der Waals surface area contributed by atoms with E-state index in [4.69, 9.17) is 0 Å². The minimum atomic E-state index is -0.213. The minimum Gasteiger partial charge on any atom is -0.355 e. The van der Waals surface area contributed by atoms with Crippen LogP contribution in [0.1, 0.15) is 27.4 Å². The van der Waals surface area contributed by atoms with Crippen LogP contribution in [0.25, 0.3) is 0 Å². The van der Waals surface area contributed by atoms with E-state index in [1.54, 1.807) is 0 Å². The van der Waals surface area contributed by atoms with Gasteiger partial charge in [0.1, 0.15) is 0 Å². The van der Waals surface area contributed by atoms with Crippen LogP contribution in [0.2, 0.25) is 0 Å². The van der Waals surface area contributed by atoms with Gasteiger partial charge in [0.2, 0.25) is 5.91 Å². The molecule has 2 rings (SSSR count). The molecule has 20 heavy (non-hydrogen) atoms. The quantitative estimate of drug-likeness (QED) is 0.874. The first-order chi connectivity index (χ1) is 9.70. The van der Waals surface area contributed by atoms with Crippen LogP contribution in [0.3, 0.4) is 0 Å². The molecular formula is C14H18N2O2S2. The third-order valence-corrected chi connectivity index (χ3v) is 5.95. The van der Waals surface area contributed by atoms with Gasteiger partial charge in [-0.2, -0.15) is 0 Å². The summed E-state index contributed by atoms with van der Waals surface area (Å²) in [5, 5.41) is 5.25. The molecule has 0 bridgehead atoms. The molecule has 1 aromatic rings. The Morgan fingerprint density at radius 3 is 2.40 bits per heavy atom. The predicted molar refractivity (Wildman–Crippen MR) is 85.1 cm³/mol. The number of carbonyl (C=O) groups excluding carboxylic acids is 2. The SMILES string of the molecule is CCNC(=O)CNC(=O)c1ccc(C2SCCS2)cc1. The van der Waals surface area contributed by atoms with E-state index in [1.807, 2.05) is 54.7 Å². The van der Waals surface area contributed by atoms with Gasteiger partial charge in [-0.1, -0.05) is 12.1 Å². The number of hydrogen-bond acceptors (Lipinski definition) is 4. The van der Waals surface area contributed by atoms with Crippen molar-refractivity contribution in [2.45, 2.75) is 11.5 Å². The number of benzene rings is 1. The Kier molecular flexibility index (Phi) is 5.79. The van der Waals surface area contributed by atoms with E-state index in [0.717, 1.165) is 0 Å². The van der Waals surface area contributed by atoms with Gasteiger partial charge in [0, 0.05) is 23.6 Å². The van der Waals surface area contributed by atoms with Crippen LogP contribution in [-0.4, -0.2) is 36.4 Å². The lowest BCUT2D eigenvalue weighted by atomic mass is 10.1. The lowest BCUT2D eigenvalue weighted by molar-refractivity contribution is -0.120. The van der Waals surface area contributed by atoms with Crippen LogP contribution in [0.4, 0.5) is 0 Å². The van der Waals surface area contributed by atoms with Crippen LogP contribution in [0.5, 0.6) is 0 Å². The van der Waals surface area contributed by atoms with Gasteiger partial charge in [-0.3, -0.25) is 9.59 Å². The molecule has 2 N–H and O–H groups in total. The maximum absolute atomic E-state index is 11.9. The molecule has 1 fully saturated rings. The summed E-state index contributed by atoms with van der Waals surface area (Å²) in [6.07, 6.45) is 0. The molecular weight excluding hydrogens is 292 g/mol. The summed E-state index contributed by atoms with van der Waals surface area (Å²) in [5.74, 6) is 1.99. The Balaban J connectivity index is 1.88. The van der Waals surface area contributed by atoms with Crippen molar-refractivity contribution in [2.75, 3.05) is 24.6 Å². The number of hydrogen-bond donors (Lipinski definition) is 2. The zero-order valence-electron chi connectivity index (χ0n) is 11.3. The summed E-state index contributed by atoms with van der Waals surface area (Å²) in [4.78, 5) is 23.2. The highest BCUT2D eigenvalue weighted by atomic mass is 32.2. The first-order valence-electron chi connectivity index (χ1n) is 6.58. The largest absolute Gasteiger partial charge is 0.355 e. The average Bonchev–Trinajstić information content (AvgIpc) is 2.99. The van der Waals surface area contributed by atoms with E-state index in [-0.39, 0.29) is 18.4 Å². The van der Waals surface area contributed by atoms with Gasteiger partial charge in [0.05, 0.1) is 11.1 Å². The fourth-order valence-electron chi connectivity index (χ4n) is 1.86. The summed E-state index contributed by atoms with van der Waals surface area (Å²) in [7, 11) is 0. The Morgan fingerprint density at radius 2 is 1.80 bits per heavy atom. The van der Waals surface area contributed by atoms with Crippen LogP contribution in [0, 0.1) is 0 Å². The summed E-state index contributed by atoms with van der Waals surface area (Å²) < 4.78 is 0.488. The van der Waals surface area contributed by atoms with Gasteiger partial charge in [-0.15, -0.1) is 23.5 Å². The first-order valence-corrected chi connectivity index (χ1v) is 8.68. The van der Waals surface area contributed by atoms with Crippen molar-refractivity contribution < 1.29 is 9.59 Å². The van der Waals surface area contributed by atoms with Crippen molar-refractivity contribution in [2.24, 2.45) is 0 Å². The number of nitrogens with one attached hydrogen (secondary N) is 2. The van der Waals surface area contributed by atoms with Crippen LogP contribution >= 0.6 is 23.5 Å². The van der Waals surface area contributed by atoms with E-state index in [9.17, 15) is 9.59 Å². The zero-order valence-corrected chi connectivity index (χ0v) is 13.0. The normalized spacial score (nSPS) is 15.1. The van der Waals surface area contributed by atoms with E-state index < -0.39 is 0 Å². The van der Waals surface area contributed by atoms with Crippen molar-refractivity contribution in [3.63, 3.8) is 0 Å². The highest BCUT2D eigenvalue weighted by molar-refractivity contribution is 8.19. The molecule has 0 unspecified atom stereocenters. The molecule has 4 nitrogen and oxygen atoms in total. The number of rotatable bonds is 5. The molecule has 1 aliphatic rings. The Bertz CT molecular complexity index is 471. The molecule has 0 spiro atoms. The molecule has 0 radical (unpaired) electrons. The van der Waals surface area contributed by atoms with Gasteiger partial charge < -0.3 is 10.6 Å². The lowest BCUT2D eigenvalue weighted by Crippen LogP contribution is -2.36. The molecule has 108 valence electrons. The molecule has 0 saturated carbocycles. The maximum Gasteiger partial charge on any atom is 0.251 e. The van der Waals surface area contributed by atoms with Crippen molar-refractivity contribution in [1.29, 1.82) is 0 Å². The van der Waals surface area contributed by atoms with Crippen molar-refractivity contribution in [1.82, 2.24) is 10.6 Å². The van der Waals surface area contributed by atoms with Gasteiger partial charge in [-0.05, 0) is 24.6 Å². The van der Waals surface area contributed by atoms with E-state index in [1.165, 1.54) is 17.1 Å². The molecule has 1 heterocycles. The second-order valence-electron chi connectivity index (χ2n) is 4.33. The van der Waals surface area contributed by atoms with Crippen molar-refractivity contribution in [3.05, 3.63) is 35.4 Å². The standard InChI is InChI=1S/C14H18N2O2S2/c1-2-15-12(17)9-16-13(18)10-3-5-11(6-4-10)14-19-7-8-20-14/h3-6,14H,2,7-9H2,1H3,(H,15,17)(H,16,18). The molecule has 0 atom stereocenters. The average molecular weight is 310 g/mol. The highest BCUT2D eigenvalue weighted by Gasteiger charge is 2.18. The molecule has 0 aliphatic carbocycles. The second kappa shape index (κ2) is 7.59. The van der Waals surface area contributed by atoms with Crippen molar-refractivity contribution in [3.8, 4) is 0 Å². The van der Waals surface area contributed by atoms with Gasteiger partial charge in [0.25, 0.3) is 5.91 Å². The molecule has 0 aromatic heterocycles. The predicted octanol–water partition coefficient (Wildman–Crippen LogP) is 2.03. The van der Waals surface area contributed by atoms with E-state index >= 15 is 0 Å². The number of likely N-dealkylation sites (N-methyl/N-ethyl adjacent to an activating group) is 1.